The second-order valence-corrected chi connectivity index (χ2v) is 9.95. The molecule has 5 N–H and O–H groups in total. The number of aryl methyl sites for hydroxylation is 2. The SMILES string of the molecule is NC(=O)CCCCCc1ccc([C@H](CCC(N)=O)NC(=O)[C@@H]2Cc3cccc4c3N2C(=O)CCC4)nc1. The van der Waals surface area contributed by atoms with Crippen molar-refractivity contribution in [2.75, 3.05) is 4.90 Å². The lowest BCUT2D eigenvalue weighted by molar-refractivity contribution is -0.127. The van der Waals surface area contributed by atoms with Crippen LogP contribution in [0.5, 0.6) is 0 Å². The topological polar surface area (TPSA) is 148 Å². The maximum Gasteiger partial charge on any atom is 0.244 e. The van der Waals surface area contributed by atoms with Crippen LogP contribution in [0, 0.1) is 0 Å². The number of para-hydroxylation sites is 1. The molecular weight excluding hydrogens is 470 g/mol. The number of amides is 4. The summed E-state index contributed by atoms with van der Waals surface area (Å²) < 4.78 is 0. The van der Waals surface area contributed by atoms with Gasteiger partial charge in [0.05, 0.1) is 17.4 Å². The minimum atomic E-state index is -0.627. The highest BCUT2D eigenvalue weighted by molar-refractivity contribution is 6.04. The fraction of sp³-hybridized carbons (Fsp3) is 0.464. The first-order valence-electron chi connectivity index (χ1n) is 13.1. The summed E-state index contributed by atoms with van der Waals surface area (Å²) in [6.45, 7) is 0. The quantitative estimate of drug-likeness (QED) is 0.379. The van der Waals surface area contributed by atoms with E-state index in [0.717, 1.165) is 60.9 Å². The van der Waals surface area contributed by atoms with Crippen LogP contribution in [-0.2, 0) is 38.4 Å². The summed E-state index contributed by atoms with van der Waals surface area (Å²) in [5, 5.41) is 3.06. The van der Waals surface area contributed by atoms with E-state index in [-0.39, 0.29) is 24.1 Å². The number of nitrogens with one attached hydrogen (secondary N) is 1. The van der Waals surface area contributed by atoms with Gasteiger partial charge < -0.3 is 16.8 Å². The van der Waals surface area contributed by atoms with Crippen LogP contribution in [0.25, 0.3) is 0 Å². The molecule has 1 aromatic carbocycles. The van der Waals surface area contributed by atoms with E-state index < -0.39 is 18.0 Å². The van der Waals surface area contributed by atoms with Gasteiger partial charge >= 0.3 is 0 Å². The Morgan fingerprint density at radius 2 is 1.78 bits per heavy atom. The molecule has 4 amide bonds. The highest BCUT2D eigenvalue weighted by atomic mass is 16.2. The number of benzene rings is 1. The molecule has 2 aliphatic rings. The Kier molecular flexibility index (Phi) is 8.53. The number of primary amides is 2. The van der Waals surface area contributed by atoms with Gasteiger partial charge in [-0.1, -0.05) is 30.7 Å². The van der Waals surface area contributed by atoms with E-state index in [4.69, 9.17) is 11.5 Å². The lowest BCUT2D eigenvalue weighted by atomic mass is 10.0. The van der Waals surface area contributed by atoms with Crippen LogP contribution >= 0.6 is 0 Å². The molecule has 0 fully saturated rings. The van der Waals surface area contributed by atoms with Gasteiger partial charge in [0, 0.05) is 31.9 Å². The number of nitrogens with zero attached hydrogens (tertiary/aromatic N) is 2. The third-order valence-electron chi connectivity index (χ3n) is 7.17. The number of unbranched alkanes of at least 4 members (excludes halogenated alkanes) is 2. The fourth-order valence-corrected chi connectivity index (χ4v) is 5.28. The van der Waals surface area contributed by atoms with Gasteiger partial charge in [0.25, 0.3) is 0 Å². The summed E-state index contributed by atoms with van der Waals surface area (Å²) >= 11 is 0. The number of carbonyl (C=O) groups excluding carboxylic acids is 4. The molecule has 0 saturated heterocycles. The number of anilines is 1. The summed E-state index contributed by atoms with van der Waals surface area (Å²) in [5.74, 6) is -1.02. The number of nitrogens with two attached hydrogens (primary N) is 2. The van der Waals surface area contributed by atoms with Crippen molar-refractivity contribution in [1.82, 2.24) is 10.3 Å². The molecule has 2 aromatic rings. The largest absolute Gasteiger partial charge is 0.370 e. The lowest BCUT2D eigenvalue weighted by Crippen LogP contribution is -2.49. The van der Waals surface area contributed by atoms with Crippen molar-refractivity contribution in [2.24, 2.45) is 11.5 Å². The van der Waals surface area contributed by atoms with E-state index in [0.29, 0.717) is 31.4 Å². The van der Waals surface area contributed by atoms with E-state index >= 15 is 0 Å². The molecule has 9 nitrogen and oxygen atoms in total. The van der Waals surface area contributed by atoms with Crippen molar-refractivity contribution in [1.29, 1.82) is 0 Å². The number of rotatable bonds is 12. The number of aromatic nitrogens is 1. The van der Waals surface area contributed by atoms with Gasteiger partial charge in [-0.2, -0.15) is 0 Å². The highest BCUT2D eigenvalue weighted by Crippen LogP contribution is 2.39. The van der Waals surface area contributed by atoms with Crippen molar-refractivity contribution < 1.29 is 19.2 Å². The Morgan fingerprint density at radius 1 is 1.00 bits per heavy atom. The Morgan fingerprint density at radius 3 is 2.51 bits per heavy atom. The summed E-state index contributed by atoms with van der Waals surface area (Å²) in [6, 6.07) is 8.70. The van der Waals surface area contributed by atoms with E-state index in [1.807, 2.05) is 30.3 Å². The molecule has 2 aliphatic heterocycles. The third-order valence-corrected chi connectivity index (χ3v) is 7.17. The molecule has 4 rings (SSSR count). The summed E-state index contributed by atoms with van der Waals surface area (Å²) in [5.41, 5.74) is 15.3. The van der Waals surface area contributed by atoms with Crippen molar-refractivity contribution in [3.8, 4) is 0 Å². The summed E-state index contributed by atoms with van der Waals surface area (Å²) in [4.78, 5) is 55.2. The average Bonchev–Trinajstić information content (AvgIpc) is 3.18. The maximum absolute atomic E-state index is 13.5. The van der Waals surface area contributed by atoms with E-state index in [1.54, 1.807) is 11.1 Å². The van der Waals surface area contributed by atoms with Gasteiger partial charge in [-0.3, -0.25) is 29.1 Å². The number of pyridine rings is 1. The van der Waals surface area contributed by atoms with Gasteiger partial charge in [0.1, 0.15) is 6.04 Å². The second-order valence-electron chi connectivity index (χ2n) is 9.95. The molecule has 0 aliphatic carbocycles. The third kappa shape index (κ3) is 6.53. The fourth-order valence-electron chi connectivity index (χ4n) is 5.28. The van der Waals surface area contributed by atoms with Crippen LogP contribution in [0.1, 0.15) is 79.8 Å². The predicted molar refractivity (Wildman–Crippen MR) is 139 cm³/mol. The first-order chi connectivity index (χ1) is 17.8. The summed E-state index contributed by atoms with van der Waals surface area (Å²) in [7, 11) is 0. The van der Waals surface area contributed by atoms with Crippen LogP contribution in [0.3, 0.4) is 0 Å². The molecule has 0 saturated carbocycles. The average molecular weight is 506 g/mol. The van der Waals surface area contributed by atoms with Crippen LogP contribution in [0.15, 0.2) is 36.5 Å². The normalized spacial score (nSPS) is 17.1. The number of hydrogen-bond acceptors (Lipinski definition) is 5. The van der Waals surface area contributed by atoms with Crippen LogP contribution in [0.4, 0.5) is 5.69 Å². The molecule has 37 heavy (non-hydrogen) atoms. The van der Waals surface area contributed by atoms with Gasteiger partial charge in [-0.15, -0.1) is 0 Å². The minimum absolute atomic E-state index is 0.0316. The molecule has 9 heteroatoms. The standard InChI is InChI=1S/C28H35N5O4/c29-24(34)10-3-1-2-6-18-12-13-21(31-17-18)22(14-15-25(30)35)32-28(37)23-16-20-9-4-7-19-8-5-11-26(36)33(23)27(19)20/h4,7,9,12-13,17,22-23H,1-3,5-6,8,10-11,14-16H2,(H2,29,34)(H2,30,35)(H,32,37)/t22-,23-/m0/s1. The molecule has 3 heterocycles. The van der Waals surface area contributed by atoms with E-state index in [2.05, 4.69) is 10.3 Å². The van der Waals surface area contributed by atoms with E-state index in [9.17, 15) is 19.2 Å². The zero-order valence-electron chi connectivity index (χ0n) is 21.1. The Bertz CT molecular complexity index is 1160. The Labute approximate surface area is 217 Å². The van der Waals surface area contributed by atoms with Crippen LogP contribution < -0.4 is 21.7 Å². The molecular formula is C28H35N5O4. The predicted octanol–water partition coefficient (Wildman–Crippen LogP) is 2.39. The molecule has 1 aromatic heterocycles. The first-order valence-corrected chi connectivity index (χ1v) is 13.1. The van der Waals surface area contributed by atoms with E-state index in [1.165, 1.54) is 0 Å². The highest BCUT2D eigenvalue weighted by Gasteiger charge is 2.41. The molecule has 0 bridgehead atoms. The lowest BCUT2D eigenvalue weighted by Gasteiger charge is -2.27. The molecule has 2 atom stereocenters. The van der Waals surface area contributed by atoms with Gasteiger partial charge in [0.2, 0.25) is 23.6 Å². The molecule has 0 radical (unpaired) electrons. The van der Waals surface area contributed by atoms with Gasteiger partial charge in [0.15, 0.2) is 0 Å². The number of hydrogen-bond donors (Lipinski definition) is 3. The second kappa shape index (κ2) is 12.0. The molecule has 0 spiro atoms. The first kappa shape index (κ1) is 26.3. The maximum atomic E-state index is 13.5. The van der Waals surface area contributed by atoms with Gasteiger partial charge in [-0.25, -0.2) is 0 Å². The molecule has 0 unspecified atom stereocenters. The Hall–Kier alpha value is -3.75. The smallest absolute Gasteiger partial charge is 0.244 e. The van der Waals surface area contributed by atoms with Crippen molar-refractivity contribution >= 4 is 29.3 Å². The van der Waals surface area contributed by atoms with Crippen LogP contribution in [0.2, 0.25) is 0 Å². The van der Waals surface area contributed by atoms with Crippen molar-refractivity contribution in [3.63, 3.8) is 0 Å². The minimum Gasteiger partial charge on any atom is -0.370 e. The van der Waals surface area contributed by atoms with Crippen molar-refractivity contribution in [2.45, 2.75) is 82.7 Å². The van der Waals surface area contributed by atoms with Gasteiger partial charge in [-0.05, 0) is 61.3 Å². The zero-order chi connectivity index (χ0) is 26.4. The Balaban J connectivity index is 1.45. The monoisotopic (exact) mass is 505 g/mol. The molecule has 196 valence electrons. The van der Waals surface area contributed by atoms with Crippen molar-refractivity contribution in [3.05, 3.63) is 58.9 Å². The number of carbonyl (C=O) groups is 4. The zero-order valence-corrected chi connectivity index (χ0v) is 21.1. The van der Waals surface area contributed by atoms with Crippen LogP contribution in [-0.4, -0.2) is 34.7 Å². The summed E-state index contributed by atoms with van der Waals surface area (Å²) in [6.07, 6.45) is 8.49.